The molecule has 0 aliphatic heterocycles. The summed E-state index contributed by atoms with van der Waals surface area (Å²) in [6.45, 7) is 1.22. The van der Waals surface area contributed by atoms with Gasteiger partial charge in [0.1, 0.15) is 6.54 Å². The smallest absolute Gasteiger partial charge is 0.264 e. The highest BCUT2D eigenvalue weighted by Gasteiger charge is 2.28. The van der Waals surface area contributed by atoms with Gasteiger partial charge in [-0.25, -0.2) is 13.8 Å². The SMILES string of the molecule is C/C(=N/NC(=O)CN(c1ccc(Cl)cc1Cl)S(=O)(=O)c1ccccc1)c1ccccc1. The zero-order valence-corrected chi connectivity index (χ0v) is 18.8. The van der Waals surface area contributed by atoms with Gasteiger partial charge < -0.3 is 0 Å². The molecule has 31 heavy (non-hydrogen) atoms. The molecular formula is C22H19Cl2N3O3S. The molecule has 0 fully saturated rings. The van der Waals surface area contributed by atoms with E-state index in [4.69, 9.17) is 23.2 Å². The van der Waals surface area contributed by atoms with E-state index in [1.807, 2.05) is 30.3 Å². The highest BCUT2D eigenvalue weighted by Crippen LogP contribution is 2.32. The van der Waals surface area contributed by atoms with Crippen LogP contribution in [0.2, 0.25) is 10.0 Å². The summed E-state index contributed by atoms with van der Waals surface area (Å²) in [4.78, 5) is 12.7. The number of anilines is 1. The fourth-order valence-corrected chi connectivity index (χ4v) is 4.78. The number of sulfonamides is 1. The topological polar surface area (TPSA) is 78.8 Å². The standard InChI is InChI=1S/C22H19Cl2N3O3S/c1-16(17-8-4-2-5-9-17)25-26-22(28)15-27(21-13-12-18(23)14-20(21)24)31(29,30)19-10-6-3-7-11-19/h2-14H,15H2,1H3,(H,26,28)/b25-16-. The molecule has 0 radical (unpaired) electrons. The van der Waals surface area contributed by atoms with Crippen molar-refractivity contribution in [3.05, 3.63) is 94.5 Å². The zero-order chi connectivity index (χ0) is 22.4. The Morgan fingerprint density at radius 1 is 0.968 bits per heavy atom. The van der Waals surface area contributed by atoms with Crippen LogP contribution in [0.3, 0.4) is 0 Å². The summed E-state index contributed by atoms with van der Waals surface area (Å²) in [6.07, 6.45) is 0. The third-order valence-electron chi connectivity index (χ3n) is 4.34. The number of rotatable bonds is 7. The summed E-state index contributed by atoms with van der Waals surface area (Å²) in [5.74, 6) is -0.624. The quantitative estimate of drug-likeness (QED) is 0.396. The molecule has 1 amide bonds. The molecule has 6 nitrogen and oxygen atoms in total. The number of hydrogen-bond donors (Lipinski definition) is 1. The number of nitrogens with zero attached hydrogens (tertiary/aromatic N) is 2. The van der Waals surface area contributed by atoms with Crippen LogP contribution in [-0.4, -0.2) is 26.6 Å². The Morgan fingerprint density at radius 2 is 1.58 bits per heavy atom. The van der Waals surface area contributed by atoms with Crippen LogP contribution in [0.5, 0.6) is 0 Å². The van der Waals surface area contributed by atoms with E-state index in [0.29, 0.717) is 10.7 Å². The third-order valence-corrected chi connectivity index (χ3v) is 6.65. The number of nitrogens with one attached hydrogen (secondary N) is 1. The molecule has 0 aliphatic carbocycles. The van der Waals surface area contributed by atoms with Crippen molar-refractivity contribution in [2.24, 2.45) is 5.10 Å². The first-order chi connectivity index (χ1) is 14.8. The lowest BCUT2D eigenvalue weighted by Gasteiger charge is -2.24. The van der Waals surface area contributed by atoms with Gasteiger partial charge in [-0.1, -0.05) is 71.7 Å². The van der Waals surface area contributed by atoms with Crippen LogP contribution >= 0.6 is 23.2 Å². The lowest BCUT2D eigenvalue weighted by molar-refractivity contribution is -0.119. The van der Waals surface area contributed by atoms with Crippen LogP contribution in [-0.2, 0) is 14.8 Å². The number of amides is 1. The van der Waals surface area contributed by atoms with E-state index >= 15 is 0 Å². The Morgan fingerprint density at radius 3 is 2.19 bits per heavy atom. The fourth-order valence-electron chi connectivity index (χ4n) is 2.76. The Hall–Kier alpha value is -2.87. The monoisotopic (exact) mass is 475 g/mol. The Kier molecular flexibility index (Phi) is 7.33. The number of benzene rings is 3. The minimum absolute atomic E-state index is 0.0257. The van der Waals surface area contributed by atoms with Crippen molar-refractivity contribution in [1.29, 1.82) is 0 Å². The molecule has 0 saturated heterocycles. The number of hydrogen-bond acceptors (Lipinski definition) is 4. The molecule has 0 heterocycles. The molecule has 0 spiro atoms. The number of halogens is 2. The largest absolute Gasteiger partial charge is 0.271 e. The summed E-state index contributed by atoms with van der Waals surface area (Å²) >= 11 is 12.2. The average molecular weight is 476 g/mol. The Balaban J connectivity index is 1.91. The van der Waals surface area contributed by atoms with Crippen LogP contribution in [0.15, 0.2) is 88.9 Å². The predicted octanol–water partition coefficient (Wildman–Crippen LogP) is 4.73. The summed E-state index contributed by atoms with van der Waals surface area (Å²) < 4.78 is 27.5. The third kappa shape index (κ3) is 5.64. The van der Waals surface area contributed by atoms with Gasteiger partial charge in [-0.05, 0) is 42.8 Å². The van der Waals surface area contributed by atoms with Gasteiger partial charge in [0.15, 0.2) is 0 Å². The van der Waals surface area contributed by atoms with Crippen LogP contribution < -0.4 is 9.73 Å². The molecule has 1 N–H and O–H groups in total. The van der Waals surface area contributed by atoms with Crippen molar-refractivity contribution in [3.8, 4) is 0 Å². The zero-order valence-electron chi connectivity index (χ0n) is 16.5. The van der Waals surface area contributed by atoms with Gasteiger partial charge in [0.25, 0.3) is 15.9 Å². The van der Waals surface area contributed by atoms with Gasteiger partial charge in [0.05, 0.1) is 21.3 Å². The van der Waals surface area contributed by atoms with Crippen molar-refractivity contribution in [2.75, 3.05) is 10.8 Å². The summed E-state index contributed by atoms with van der Waals surface area (Å²) in [5.41, 5.74) is 3.95. The Bertz CT molecular complexity index is 1200. The van der Waals surface area contributed by atoms with E-state index in [1.54, 1.807) is 25.1 Å². The first-order valence-corrected chi connectivity index (χ1v) is 11.4. The molecular weight excluding hydrogens is 457 g/mol. The average Bonchev–Trinajstić information content (AvgIpc) is 2.77. The van der Waals surface area contributed by atoms with Gasteiger partial charge in [-0.2, -0.15) is 5.10 Å². The van der Waals surface area contributed by atoms with Crippen LogP contribution in [0.1, 0.15) is 12.5 Å². The summed E-state index contributed by atoms with van der Waals surface area (Å²) in [5, 5.41) is 4.52. The maximum atomic E-state index is 13.3. The second kappa shape index (κ2) is 9.96. The van der Waals surface area contributed by atoms with Crippen molar-refractivity contribution < 1.29 is 13.2 Å². The Labute approximate surface area is 191 Å². The molecule has 3 aromatic rings. The van der Waals surface area contributed by atoms with Gasteiger partial charge >= 0.3 is 0 Å². The van der Waals surface area contributed by atoms with Crippen molar-refractivity contribution >= 4 is 50.5 Å². The molecule has 0 bridgehead atoms. The molecule has 0 saturated carbocycles. The van der Waals surface area contributed by atoms with E-state index in [-0.39, 0.29) is 15.6 Å². The van der Waals surface area contributed by atoms with Crippen LogP contribution in [0, 0.1) is 0 Å². The van der Waals surface area contributed by atoms with Crippen LogP contribution in [0.25, 0.3) is 0 Å². The first kappa shape index (κ1) is 22.8. The maximum Gasteiger partial charge on any atom is 0.264 e. The van der Waals surface area contributed by atoms with Gasteiger partial charge in [-0.3, -0.25) is 9.10 Å². The van der Waals surface area contributed by atoms with E-state index < -0.39 is 22.5 Å². The lowest BCUT2D eigenvalue weighted by Crippen LogP contribution is -2.40. The van der Waals surface area contributed by atoms with E-state index in [9.17, 15) is 13.2 Å². The van der Waals surface area contributed by atoms with Crippen molar-refractivity contribution in [2.45, 2.75) is 11.8 Å². The minimum atomic E-state index is -4.08. The van der Waals surface area contributed by atoms with E-state index in [1.165, 1.54) is 30.3 Å². The van der Waals surface area contributed by atoms with Gasteiger partial charge in [-0.15, -0.1) is 0 Å². The first-order valence-electron chi connectivity index (χ1n) is 9.20. The van der Waals surface area contributed by atoms with E-state index in [2.05, 4.69) is 10.5 Å². The van der Waals surface area contributed by atoms with Crippen molar-refractivity contribution in [1.82, 2.24) is 5.43 Å². The normalized spacial score (nSPS) is 11.8. The number of carbonyl (C=O) groups is 1. The minimum Gasteiger partial charge on any atom is -0.271 e. The molecule has 0 aliphatic rings. The van der Waals surface area contributed by atoms with Crippen molar-refractivity contribution in [3.63, 3.8) is 0 Å². The molecule has 3 rings (SSSR count). The fraction of sp³-hybridized carbons (Fsp3) is 0.0909. The molecule has 0 unspecified atom stereocenters. The molecule has 9 heteroatoms. The van der Waals surface area contributed by atoms with E-state index in [0.717, 1.165) is 9.87 Å². The predicted molar refractivity (Wildman–Crippen MR) is 124 cm³/mol. The molecule has 3 aromatic carbocycles. The summed E-state index contributed by atoms with van der Waals surface area (Å²) in [7, 11) is -4.08. The number of carbonyl (C=O) groups excluding carboxylic acids is 1. The molecule has 0 aromatic heterocycles. The molecule has 0 atom stereocenters. The lowest BCUT2D eigenvalue weighted by atomic mass is 10.1. The highest BCUT2D eigenvalue weighted by molar-refractivity contribution is 7.92. The van der Waals surface area contributed by atoms with Crippen LogP contribution in [0.4, 0.5) is 5.69 Å². The second-order valence-electron chi connectivity index (χ2n) is 6.52. The second-order valence-corrected chi connectivity index (χ2v) is 9.22. The molecule has 160 valence electrons. The highest BCUT2D eigenvalue weighted by atomic mass is 35.5. The number of hydrazone groups is 1. The van der Waals surface area contributed by atoms with Gasteiger partial charge in [0, 0.05) is 5.02 Å². The maximum absolute atomic E-state index is 13.3. The summed E-state index contributed by atoms with van der Waals surface area (Å²) in [6, 6.07) is 21.5. The van der Waals surface area contributed by atoms with Gasteiger partial charge in [0.2, 0.25) is 0 Å².